The van der Waals surface area contributed by atoms with E-state index in [0.29, 0.717) is 22.6 Å². The van der Waals surface area contributed by atoms with Gasteiger partial charge in [0.05, 0.1) is 7.11 Å². The summed E-state index contributed by atoms with van der Waals surface area (Å²) in [7, 11) is 4.81. The summed E-state index contributed by atoms with van der Waals surface area (Å²) in [5, 5.41) is 5.29. The molecule has 1 aliphatic rings. The van der Waals surface area contributed by atoms with Gasteiger partial charge in [-0.2, -0.15) is 0 Å². The highest BCUT2D eigenvalue weighted by atomic mass is 16.5. The fourth-order valence-corrected chi connectivity index (χ4v) is 3.27. The minimum absolute atomic E-state index is 0.158. The fourth-order valence-electron chi connectivity index (χ4n) is 3.27. The molecule has 2 N–H and O–H groups in total. The number of rotatable bonds is 6. The van der Waals surface area contributed by atoms with E-state index < -0.39 is 29.9 Å². The Balaban J connectivity index is 1.69. The van der Waals surface area contributed by atoms with Crippen molar-refractivity contribution < 1.29 is 23.9 Å². The molecular formula is C22H24N4O5. The van der Waals surface area contributed by atoms with Crippen molar-refractivity contribution in [1.82, 2.24) is 15.1 Å². The van der Waals surface area contributed by atoms with Crippen molar-refractivity contribution in [3.05, 3.63) is 59.7 Å². The number of urea groups is 1. The zero-order chi connectivity index (χ0) is 22.8. The van der Waals surface area contributed by atoms with Crippen LogP contribution in [0, 0.1) is 0 Å². The monoisotopic (exact) mass is 424 g/mol. The highest BCUT2D eigenvalue weighted by Crippen LogP contribution is 2.30. The SMILES string of the molecule is COc1cccc(C2(C)NC(=O)N(CC(=O)Nc3ccc(C(=O)N(C)C)cc3)C2=O)c1. The van der Waals surface area contributed by atoms with Crippen LogP contribution >= 0.6 is 0 Å². The van der Waals surface area contributed by atoms with Gasteiger partial charge in [0.2, 0.25) is 5.91 Å². The second-order valence-electron chi connectivity index (χ2n) is 7.50. The maximum absolute atomic E-state index is 13.0. The molecule has 9 heteroatoms. The Morgan fingerprint density at radius 2 is 1.81 bits per heavy atom. The molecule has 0 spiro atoms. The number of nitrogens with zero attached hydrogens (tertiary/aromatic N) is 2. The van der Waals surface area contributed by atoms with Crippen LogP contribution < -0.4 is 15.4 Å². The van der Waals surface area contributed by atoms with Crippen molar-refractivity contribution >= 4 is 29.4 Å². The van der Waals surface area contributed by atoms with Crippen LogP contribution in [0.5, 0.6) is 5.75 Å². The Bertz CT molecular complexity index is 1030. The van der Waals surface area contributed by atoms with Crippen LogP contribution in [0.2, 0.25) is 0 Å². The Kier molecular flexibility index (Phi) is 5.96. The third kappa shape index (κ3) is 4.35. The third-order valence-electron chi connectivity index (χ3n) is 5.05. The van der Waals surface area contributed by atoms with E-state index in [1.807, 2.05) is 0 Å². The number of benzene rings is 2. The minimum atomic E-state index is -1.31. The number of ether oxygens (including phenoxy) is 1. The molecule has 0 saturated carbocycles. The largest absolute Gasteiger partial charge is 0.497 e. The van der Waals surface area contributed by atoms with Gasteiger partial charge in [0, 0.05) is 25.3 Å². The van der Waals surface area contributed by atoms with Crippen LogP contribution in [0.25, 0.3) is 0 Å². The Morgan fingerprint density at radius 1 is 1.13 bits per heavy atom. The molecule has 1 saturated heterocycles. The number of amides is 5. The van der Waals surface area contributed by atoms with Crippen molar-refractivity contribution in [2.45, 2.75) is 12.5 Å². The molecule has 1 heterocycles. The Morgan fingerprint density at radius 3 is 2.42 bits per heavy atom. The van der Waals surface area contributed by atoms with Gasteiger partial charge in [-0.1, -0.05) is 12.1 Å². The minimum Gasteiger partial charge on any atom is -0.497 e. The number of anilines is 1. The second-order valence-corrected chi connectivity index (χ2v) is 7.50. The molecule has 0 aliphatic carbocycles. The molecule has 5 amide bonds. The lowest BCUT2D eigenvalue weighted by molar-refractivity contribution is -0.133. The van der Waals surface area contributed by atoms with Crippen molar-refractivity contribution in [3.8, 4) is 5.75 Å². The van der Waals surface area contributed by atoms with E-state index in [9.17, 15) is 19.2 Å². The normalized spacial score (nSPS) is 17.9. The first kappa shape index (κ1) is 21.8. The van der Waals surface area contributed by atoms with Gasteiger partial charge >= 0.3 is 6.03 Å². The summed E-state index contributed by atoms with van der Waals surface area (Å²) in [6, 6.07) is 12.5. The molecule has 2 aromatic rings. The number of hydrogen-bond acceptors (Lipinski definition) is 5. The van der Waals surface area contributed by atoms with E-state index >= 15 is 0 Å². The van der Waals surface area contributed by atoms with E-state index in [2.05, 4.69) is 10.6 Å². The van der Waals surface area contributed by atoms with E-state index in [1.165, 1.54) is 12.0 Å². The molecule has 0 radical (unpaired) electrons. The molecule has 3 rings (SSSR count). The lowest BCUT2D eigenvalue weighted by atomic mass is 9.92. The fraction of sp³-hybridized carbons (Fsp3) is 0.273. The predicted octanol–water partition coefficient (Wildman–Crippen LogP) is 1.80. The quantitative estimate of drug-likeness (QED) is 0.688. The van der Waals surface area contributed by atoms with E-state index in [4.69, 9.17) is 4.74 Å². The van der Waals surface area contributed by atoms with Crippen molar-refractivity contribution in [3.63, 3.8) is 0 Å². The topological polar surface area (TPSA) is 108 Å². The number of carbonyl (C=O) groups excluding carboxylic acids is 4. The maximum atomic E-state index is 13.0. The molecule has 9 nitrogen and oxygen atoms in total. The van der Waals surface area contributed by atoms with Gasteiger partial charge in [-0.15, -0.1) is 0 Å². The van der Waals surface area contributed by atoms with Crippen LogP contribution in [0.15, 0.2) is 48.5 Å². The van der Waals surface area contributed by atoms with Crippen molar-refractivity contribution in [2.24, 2.45) is 0 Å². The van der Waals surface area contributed by atoms with Crippen LogP contribution in [0.4, 0.5) is 10.5 Å². The molecule has 0 bridgehead atoms. The molecule has 0 aromatic heterocycles. The zero-order valence-corrected chi connectivity index (χ0v) is 17.8. The summed E-state index contributed by atoms with van der Waals surface area (Å²) in [6.45, 7) is 1.14. The number of methoxy groups -OCH3 is 1. The van der Waals surface area contributed by atoms with Gasteiger partial charge in [0.1, 0.15) is 17.8 Å². The molecule has 1 unspecified atom stereocenters. The van der Waals surface area contributed by atoms with Gasteiger partial charge in [-0.3, -0.25) is 19.3 Å². The van der Waals surface area contributed by atoms with Gasteiger partial charge in [-0.25, -0.2) is 4.79 Å². The first-order valence-corrected chi connectivity index (χ1v) is 9.56. The van der Waals surface area contributed by atoms with Crippen LogP contribution in [-0.4, -0.2) is 61.3 Å². The number of carbonyl (C=O) groups is 4. The summed E-state index contributed by atoms with van der Waals surface area (Å²) < 4.78 is 5.19. The molecule has 1 fully saturated rings. The van der Waals surface area contributed by atoms with Crippen LogP contribution in [-0.2, 0) is 15.1 Å². The molecule has 1 atom stereocenters. The molecule has 1 aliphatic heterocycles. The van der Waals surface area contributed by atoms with Gasteiger partial charge in [-0.05, 0) is 48.9 Å². The molecule has 2 aromatic carbocycles. The standard InChI is InChI=1S/C22H24N4O5/c1-22(15-6-5-7-17(12-15)31-4)20(29)26(21(30)24-22)13-18(27)23-16-10-8-14(9-11-16)19(28)25(2)3/h5-12H,13H2,1-4H3,(H,23,27)(H,24,30). The number of nitrogens with one attached hydrogen (secondary N) is 2. The maximum Gasteiger partial charge on any atom is 0.325 e. The summed E-state index contributed by atoms with van der Waals surface area (Å²) in [5.41, 5.74) is 0.170. The average Bonchev–Trinajstić information content (AvgIpc) is 2.97. The van der Waals surface area contributed by atoms with E-state index in [-0.39, 0.29) is 5.91 Å². The lowest BCUT2D eigenvalue weighted by Gasteiger charge is -2.22. The third-order valence-corrected chi connectivity index (χ3v) is 5.05. The van der Waals surface area contributed by atoms with Crippen molar-refractivity contribution in [1.29, 1.82) is 0 Å². The highest BCUT2D eigenvalue weighted by molar-refractivity contribution is 6.10. The summed E-state index contributed by atoms with van der Waals surface area (Å²) >= 11 is 0. The summed E-state index contributed by atoms with van der Waals surface area (Å²) in [6.07, 6.45) is 0. The van der Waals surface area contributed by atoms with Gasteiger partial charge in [0.15, 0.2) is 0 Å². The zero-order valence-electron chi connectivity index (χ0n) is 17.8. The number of hydrogen-bond donors (Lipinski definition) is 2. The van der Waals surface area contributed by atoms with Crippen LogP contribution in [0.1, 0.15) is 22.8 Å². The summed E-state index contributed by atoms with van der Waals surface area (Å²) in [5.74, 6) is -0.680. The first-order chi connectivity index (χ1) is 14.7. The smallest absolute Gasteiger partial charge is 0.325 e. The van der Waals surface area contributed by atoms with Crippen LogP contribution in [0.3, 0.4) is 0 Å². The molecule has 162 valence electrons. The molecule has 31 heavy (non-hydrogen) atoms. The highest BCUT2D eigenvalue weighted by Gasteiger charge is 2.49. The van der Waals surface area contributed by atoms with Crippen molar-refractivity contribution in [2.75, 3.05) is 33.1 Å². The number of imide groups is 1. The average molecular weight is 424 g/mol. The summed E-state index contributed by atoms with van der Waals surface area (Å²) in [4.78, 5) is 52.1. The van der Waals surface area contributed by atoms with Gasteiger partial charge < -0.3 is 20.3 Å². The van der Waals surface area contributed by atoms with E-state index in [0.717, 1.165) is 4.90 Å². The predicted molar refractivity (Wildman–Crippen MR) is 114 cm³/mol. The van der Waals surface area contributed by atoms with E-state index in [1.54, 1.807) is 69.6 Å². The first-order valence-electron chi connectivity index (χ1n) is 9.56. The van der Waals surface area contributed by atoms with Gasteiger partial charge in [0.25, 0.3) is 11.8 Å². The molecular weight excluding hydrogens is 400 g/mol. The Hall–Kier alpha value is -3.88. The Labute approximate surface area is 180 Å². The second kappa shape index (κ2) is 8.47. The lowest BCUT2D eigenvalue weighted by Crippen LogP contribution is -2.42.